The summed E-state index contributed by atoms with van der Waals surface area (Å²) in [6.07, 6.45) is -2.17. The lowest BCUT2D eigenvalue weighted by molar-refractivity contribution is 0.140. The number of aromatic nitrogens is 5. The number of hydrogen-bond donors (Lipinski definition) is 0. The molecule has 21 heavy (non-hydrogen) atoms. The topological polar surface area (TPSA) is 90.6 Å². The van der Waals surface area contributed by atoms with E-state index in [-0.39, 0.29) is 11.4 Å². The Hall–Kier alpha value is -1.49. The first-order valence-electron chi connectivity index (χ1n) is 6.00. The summed E-state index contributed by atoms with van der Waals surface area (Å²) >= 11 is 1.20. The number of sulfone groups is 1. The summed E-state index contributed by atoms with van der Waals surface area (Å²) in [5.41, 5.74) is -0.710. The average molecular weight is 337 g/mol. The summed E-state index contributed by atoms with van der Waals surface area (Å²) in [6.45, 7) is 1.88. The van der Waals surface area contributed by atoms with E-state index in [1.807, 2.05) is 6.92 Å². The van der Waals surface area contributed by atoms with E-state index in [2.05, 4.69) is 20.5 Å². The molecular formula is C10H13F2N5O2S2. The predicted octanol–water partition coefficient (Wildman–Crippen LogP) is 1.28. The van der Waals surface area contributed by atoms with E-state index in [0.717, 1.165) is 9.69 Å². The standard InChI is InChI=1S/C10H13F2N5O2S2/c1-3-7-14-15-8(20-7)5-21(18,19)4-6-9(10(11)12)17(2)16-13-6/h10H,3-5H2,1-2H3. The van der Waals surface area contributed by atoms with E-state index in [0.29, 0.717) is 11.4 Å². The van der Waals surface area contributed by atoms with E-state index in [9.17, 15) is 17.2 Å². The van der Waals surface area contributed by atoms with Crippen molar-refractivity contribution < 1.29 is 17.2 Å². The second-order valence-electron chi connectivity index (χ2n) is 4.32. The molecule has 0 atom stereocenters. The highest BCUT2D eigenvalue weighted by Crippen LogP contribution is 2.23. The molecule has 0 aromatic carbocycles. The van der Waals surface area contributed by atoms with E-state index < -0.39 is 27.7 Å². The van der Waals surface area contributed by atoms with Crippen LogP contribution in [-0.4, -0.2) is 33.6 Å². The Morgan fingerprint density at radius 2 is 1.86 bits per heavy atom. The van der Waals surface area contributed by atoms with Gasteiger partial charge < -0.3 is 0 Å². The zero-order valence-electron chi connectivity index (χ0n) is 11.3. The largest absolute Gasteiger partial charge is 0.281 e. The quantitative estimate of drug-likeness (QED) is 0.789. The molecule has 2 aromatic heterocycles. The fourth-order valence-electron chi connectivity index (χ4n) is 1.71. The third kappa shape index (κ3) is 3.79. The van der Waals surface area contributed by atoms with E-state index in [1.165, 1.54) is 18.4 Å². The van der Waals surface area contributed by atoms with Crippen molar-refractivity contribution in [3.63, 3.8) is 0 Å². The van der Waals surface area contributed by atoms with Gasteiger partial charge in [0.2, 0.25) is 0 Å². The number of nitrogens with zero attached hydrogens (tertiary/aromatic N) is 5. The molecule has 2 aromatic rings. The van der Waals surface area contributed by atoms with Crippen molar-refractivity contribution in [3.05, 3.63) is 21.4 Å². The minimum absolute atomic E-state index is 0.229. The Morgan fingerprint density at radius 1 is 1.19 bits per heavy atom. The minimum Gasteiger partial charge on any atom is -0.246 e. The Bertz CT molecular complexity index is 726. The Morgan fingerprint density at radius 3 is 2.43 bits per heavy atom. The van der Waals surface area contributed by atoms with Gasteiger partial charge in [-0.3, -0.25) is 0 Å². The summed E-state index contributed by atoms with van der Waals surface area (Å²) in [5.74, 6) is -0.939. The van der Waals surface area contributed by atoms with E-state index >= 15 is 0 Å². The van der Waals surface area contributed by atoms with Crippen molar-refractivity contribution >= 4 is 21.2 Å². The second kappa shape index (κ2) is 6.10. The third-order valence-electron chi connectivity index (χ3n) is 2.66. The van der Waals surface area contributed by atoms with Crippen molar-refractivity contribution in [1.82, 2.24) is 25.2 Å². The molecule has 0 unspecified atom stereocenters. The number of halogens is 2. The molecule has 2 heterocycles. The van der Waals surface area contributed by atoms with Crippen molar-refractivity contribution in [2.24, 2.45) is 7.05 Å². The zero-order chi connectivity index (χ0) is 15.6. The van der Waals surface area contributed by atoms with Gasteiger partial charge in [-0.05, 0) is 6.42 Å². The van der Waals surface area contributed by atoms with Crippen LogP contribution in [0.15, 0.2) is 0 Å². The highest BCUT2D eigenvalue weighted by Gasteiger charge is 2.25. The SMILES string of the molecule is CCc1nnc(CS(=O)(=O)Cc2nnn(C)c2C(F)F)s1. The molecule has 0 saturated carbocycles. The third-order valence-corrected chi connectivity index (χ3v) is 5.34. The molecule has 0 aliphatic heterocycles. The predicted molar refractivity (Wildman–Crippen MR) is 71.6 cm³/mol. The van der Waals surface area contributed by atoms with Crippen molar-refractivity contribution in [1.29, 1.82) is 0 Å². The highest BCUT2D eigenvalue weighted by molar-refractivity contribution is 7.89. The summed E-state index contributed by atoms with van der Waals surface area (Å²) in [6, 6.07) is 0. The van der Waals surface area contributed by atoms with Gasteiger partial charge in [-0.25, -0.2) is 21.9 Å². The molecule has 116 valence electrons. The Kier molecular flexibility index (Phi) is 4.61. The molecule has 0 fully saturated rings. The van der Waals surface area contributed by atoms with Crippen LogP contribution >= 0.6 is 11.3 Å². The number of rotatable bonds is 6. The maximum Gasteiger partial charge on any atom is 0.281 e. The minimum atomic E-state index is -3.67. The summed E-state index contributed by atoms with van der Waals surface area (Å²) in [4.78, 5) is 0. The molecule has 0 saturated heterocycles. The molecule has 0 radical (unpaired) electrons. The fraction of sp³-hybridized carbons (Fsp3) is 0.600. The lowest BCUT2D eigenvalue weighted by atomic mass is 10.3. The molecule has 2 rings (SSSR count). The van der Waals surface area contributed by atoms with Crippen LogP contribution in [0.2, 0.25) is 0 Å². The Balaban J connectivity index is 2.18. The monoisotopic (exact) mass is 337 g/mol. The van der Waals surface area contributed by atoms with Gasteiger partial charge in [-0.15, -0.1) is 26.6 Å². The first-order valence-corrected chi connectivity index (χ1v) is 8.64. The van der Waals surface area contributed by atoms with Gasteiger partial charge in [0.1, 0.15) is 27.2 Å². The Labute approximate surface area is 123 Å². The first-order chi connectivity index (χ1) is 9.82. The lowest BCUT2D eigenvalue weighted by Gasteiger charge is -2.03. The van der Waals surface area contributed by atoms with Crippen LogP contribution in [0.25, 0.3) is 0 Å². The molecule has 11 heteroatoms. The van der Waals surface area contributed by atoms with Gasteiger partial charge in [0.25, 0.3) is 6.43 Å². The van der Waals surface area contributed by atoms with Crippen molar-refractivity contribution in [2.45, 2.75) is 31.3 Å². The number of hydrogen-bond acceptors (Lipinski definition) is 7. The number of aryl methyl sites for hydroxylation is 2. The van der Waals surface area contributed by atoms with Crippen LogP contribution in [0, 0.1) is 0 Å². The molecule has 0 amide bonds. The summed E-state index contributed by atoms with van der Waals surface area (Å²) in [5, 5.41) is 15.6. The van der Waals surface area contributed by atoms with Crippen LogP contribution in [0.3, 0.4) is 0 Å². The molecule has 0 bridgehead atoms. The zero-order valence-corrected chi connectivity index (χ0v) is 13.0. The normalized spacial score (nSPS) is 12.2. The summed E-state index contributed by atoms with van der Waals surface area (Å²) in [7, 11) is -2.37. The molecular weight excluding hydrogens is 324 g/mol. The van der Waals surface area contributed by atoms with Gasteiger partial charge in [-0.2, -0.15) is 0 Å². The molecule has 7 nitrogen and oxygen atoms in total. The van der Waals surface area contributed by atoms with Crippen molar-refractivity contribution in [3.8, 4) is 0 Å². The lowest BCUT2D eigenvalue weighted by Crippen LogP contribution is -2.10. The summed E-state index contributed by atoms with van der Waals surface area (Å²) < 4.78 is 50.7. The first kappa shape index (κ1) is 15.9. The highest BCUT2D eigenvalue weighted by atomic mass is 32.2. The van der Waals surface area contributed by atoms with Gasteiger partial charge in [0.05, 0.1) is 5.75 Å². The molecule has 0 aliphatic rings. The van der Waals surface area contributed by atoms with Gasteiger partial charge in [-0.1, -0.05) is 12.1 Å². The van der Waals surface area contributed by atoms with Crippen LogP contribution in [0.5, 0.6) is 0 Å². The van der Waals surface area contributed by atoms with Gasteiger partial charge in [0.15, 0.2) is 9.84 Å². The van der Waals surface area contributed by atoms with Crippen LogP contribution < -0.4 is 0 Å². The maximum atomic E-state index is 12.9. The smallest absolute Gasteiger partial charge is 0.246 e. The van der Waals surface area contributed by atoms with Gasteiger partial charge >= 0.3 is 0 Å². The molecule has 0 spiro atoms. The second-order valence-corrected chi connectivity index (χ2v) is 7.53. The van der Waals surface area contributed by atoms with Crippen molar-refractivity contribution in [2.75, 3.05) is 0 Å². The van der Waals surface area contributed by atoms with Crippen LogP contribution in [-0.2, 0) is 34.8 Å². The fourth-order valence-corrected chi connectivity index (χ4v) is 4.23. The van der Waals surface area contributed by atoms with Crippen LogP contribution in [0.1, 0.15) is 34.8 Å². The maximum absolute atomic E-state index is 12.9. The van der Waals surface area contributed by atoms with E-state index in [1.54, 1.807) is 0 Å². The van der Waals surface area contributed by atoms with Crippen LogP contribution in [0.4, 0.5) is 8.78 Å². The van der Waals surface area contributed by atoms with Gasteiger partial charge in [0, 0.05) is 7.05 Å². The molecule has 0 N–H and O–H groups in total. The van der Waals surface area contributed by atoms with E-state index in [4.69, 9.17) is 0 Å². The number of alkyl halides is 2. The molecule has 0 aliphatic carbocycles. The average Bonchev–Trinajstić information content (AvgIpc) is 2.95.